The van der Waals surface area contributed by atoms with E-state index in [0.717, 1.165) is 16.9 Å². The highest BCUT2D eigenvalue weighted by molar-refractivity contribution is 7.07. The molecule has 3 aromatic carbocycles. The van der Waals surface area contributed by atoms with Gasteiger partial charge in [0.15, 0.2) is 4.80 Å². The third-order valence-corrected chi connectivity index (χ3v) is 8.83. The minimum atomic E-state index is -0.835. The molecule has 0 radical (unpaired) electrons. The first-order chi connectivity index (χ1) is 20.7. The van der Waals surface area contributed by atoms with Crippen LogP contribution in [0, 0.1) is 0 Å². The number of rotatable bonds is 6. The zero-order valence-corrected chi connectivity index (χ0v) is 25.5. The molecular weight excluding hydrogens is 586 g/mol. The van der Waals surface area contributed by atoms with Gasteiger partial charge in [-0.25, -0.2) is 9.79 Å². The standard InChI is InChI=1S/C33H28ClN3O5S/c1-18(2)42-32(40)26-19(3)35-33-37(28(26)20-11-9-12-22(16-20)41-4)31(39)29(43-33)27-23-13-6-8-15-25(23)36(30(27)38)17-21-10-5-7-14-24(21)34/h5-16,18,28H,17H2,1-4H3/b29-27-/t28-/m1/s1. The summed E-state index contributed by atoms with van der Waals surface area (Å²) in [4.78, 5) is 48.7. The van der Waals surface area contributed by atoms with Gasteiger partial charge in [-0.2, -0.15) is 0 Å². The first-order valence-corrected chi connectivity index (χ1v) is 14.9. The van der Waals surface area contributed by atoms with Gasteiger partial charge in [-0.3, -0.25) is 14.2 Å². The van der Waals surface area contributed by atoms with Gasteiger partial charge >= 0.3 is 5.97 Å². The summed E-state index contributed by atoms with van der Waals surface area (Å²) in [7, 11) is 1.55. The summed E-state index contributed by atoms with van der Waals surface area (Å²) in [6.45, 7) is 5.51. The number of hydrogen-bond donors (Lipinski definition) is 0. The Kier molecular flexibility index (Phi) is 7.54. The van der Waals surface area contributed by atoms with Crippen LogP contribution >= 0.6 is 22.9 Å². The summed E-state index contributed by atoms with van der Waals surface area (Å²) in [6, 6.07) is 21.1. The molecule has 1 aromatic heterocycles. The van der Waals surface area contributed by atoms with Gasteiger partial charge < -0.3 is 14.4 Å². The second-order valence-corrected chi connectivity index (χ2v) is 11.9. The molecule has 2 aliphatic heterocycles. The van der Waals surface area contributed by atoms with Gasteiger partial charge in [0, 0.05) is 10.6 Å². The Hall–Kier alpha value is -4.47. The van der Waals surface area contributed by atoms with Gasteiger partial charge in [0.05, 0.1) is 48.3 Å². The van der Waals surface area contributed by atoms with E-state index in [2.05, 4.69) is 4.99 Å². The van der Waals surface area contributed by atoms with Crippen LogP contribution in [0.4, 0.5) is 5.69 Å². The summed E-state index contributed by atoms with van der Waals surface area (Å²) >= 11 is 7.58. The number of carbonyl (C=O) groups excluding carboxylic acids is 2. The molecule has 10 heteroatoms. The molecule has 8 nitrogen and oxygen atoms in total. The fraction of sp³-hybridized carbons (Fsp3) is 0.212. The zero-order valence-electron chi connectivity index (χ0n) is 24.0. The number of aromatic nitrogens is 1. The van der Waals surface area contributed by atoms with Crippen LogP contribution in [0.3, 0.4) is 0 Å². The largest absolute Gasteiger partial charge is 0.497 e. The van der Waals surface area contributed by atoms with Crippen molar-refractivity contribution < 1.29 is 19.1 Å². The Morgan fingerprint density at radius 2 is 1.79 bits per heavy atom. The number of fused-ring (bicyclic) bond motifs is 2. The lowest BCUT2D eigenvalue weighted by Crippen LogP contribution is -2.41. The maximum absolute atomic E-state index is 14.4. The Morgan fingerprint density at radius 3 is 2.53 bits per heavy atom. The third-order valence-electron chi connectivity index (χ3n) is 7.41. The molecule has 3 heterocycles. The molecule has 4 aromatic rings. The lowest BCUT2D eigenvalue weighted by Gasteiger charge is -2.25. The molecule has 43 heavy (non-hydrogen) atoms. The Morgan fingerprint density at radius 1 is 1.05 bits per heavy atom. The smallest absolute Gasteiger partial charge is 0.338 e. The van der Waals surface area contributed by atoms with Crippen molar-refractivity contribution in [3.05, 3.63) is 125 Å². The lowest BCUT2D eigenvalue weighted by atomic mass is 9.95. The van der Waals surface area contributed by atoms with Crippen molar-refractivity contribution in [2.75, 3.05) is 12.0 Å². The number of hydrogen-bond acceptors (Lipinski definition) is 7. The number of halogens is 1. The second-order valence-electron chi connectivity index (χ2n) is 10.5. The van der Waals surface area contributed by atoms with E-state index in [1.54, 1.807) is 57.0 Å². The second kappa shape index (κ2) is 11.3. The van der Waals surface area contributed by atoms with Gasteiger partial charge in [0.1, 0.15) is 10.3 Å². The van der Waals surface area contributed by atoms with Gasteiger partial charge in [0.25, 0.3) is 11.5 Å². The molecule has 0 bridgehead atoms. The van der Waals surface area contributed by atoms with Crippen molar-refractivity contribution in [1.29, 1.82) is 0 Å². The molecule has 0 saturated heterocycles. The number of nitrogens with zero attached hydrogens (tertiary/aromatic N) is 3. The van der Waals surface area contributed by atoms with E-state index in [1.807, 2.05) is 48.5 Å². The van der Waals surface area contributed by atoms with Crippen LogP contribution < -0.4 is 24.5 Å². The van der Waals surface area contributed by atoms with Crippen molar-refractivity contribution in [1.82, 2.24) is 4.57 Å². The number of allylic oxidation sites excluding steroid dienone is 1. The van der Waals surface area contributed by atoms with Gasteiger partial charge in [0.2, 0.25) is 0 Å². The quantitative estimate of drug-likeness (QED) is 0.292. The summed E-state index contributed by atoms with van der Waals surface area (Å²) in [5, 5.41) is 0.551. The number of thiazole rings is 1. The van der Waals surface area contributed by atoms with Crippen molar-refractivity contribution in [3.63, 3.8) is 0 Å². The Balaban J connectivity index is 1.58. The van der Waals surface area contributed by atoms with E-state index < -0.39 is 17.6 Å². The van der Waals surface area contributed by atoms with E-state index in [0.29, 0.717) is 43.7 Å². The number of esters is 1. The number of para-hydroxylation sites is 1. The number of methoxy groups -OCH3 is 1. The van der Waals surface area contributed by atoms with E-state index in [-0.39, 0.29) is 28.7 Å². The summed E-state index contributed by atoms with van der Waals surface area (Å²) in [5.74, 6) is -0.293. The molecule has 1 amide bonds. The van der Waals surface area contributed by atoms with E-state index in [1.165, 1.54) is 4.57 Å². The molecule has 218 valence electrons. The molecule has 0 spiro atoms. The SMILES string of the molecule is COc1cccc([C@@H]2C(C(=O)OC(C)C)=C(C)N=c3s/c(=C4\C(=O)N(Cc5ccccc5Cl)c5ccccc54)c(=O)n32)c1. The van der Waals surface area contributed by atoms with Crippen LogP contribution in [0.1, 0.15) is 43.5 Å². The minimum Gasteiger partial charge on any atom is -0.497 e. The van der Waals surface area contributed by atoms with Crippen LogP contribution in [-0.4, -0.2) is 29.7 Å². The zero-order chi connectivity index (χ0) is 30.4. The molecule has 0 aliphatic carbocycles. The van der Waals surface area contributed by atoms with Crippen LogP contribution in [0.15, 0.2) is 93.9 Å². The van der Waals surface area contributed by atoms with Gasteiger partial charge in [-0.1, -0.05) is 71.5 Å². The number of amides is 1. The van der Waals surface area contributed by atoms with Crippen LogP contribution in [0.2, 0.25) is 5.02 Å². The van der Waals surface area contributed by atoms with E-state index in [4.69, 9.17) is 21.1 Å². The first kappa shape index (κ1) is 28.6. The fourth-order valence-corrected chi connectivity index (χ4v) is 6.82. The molecule has 0 saturated carbocycles. The maximum atomic E-state index is 14.4. The van der Waals surface area contributed by atoms with Crippen LogP contribution in [0.5, 0.6) is 5.75 Å². The molecule has 6 rings (SSSR count). The summed E-state index contributed by atoms with van der Waals surface area (Å²) in [5.41, 5.74) is 3.35. The third kappa shape index (κ3) is 4.98. The Bertz CT molecular complexity index is 2010. The molecule has 0 unspecified atom stereocenters. The normalized spacial score (nSPS) is 17.1. The summed E-state index contributed by atoms with van der Waals surface area (Å²) in [6.07, 6.45) is -0.373. The molecular formula is C33H28ClN3O5S. The number of benzene rings is 3. The average molecular weight is 614 g/mol. The van der Waals surface area contributed by atoms with Crippen molar-refractivity contribution >= 4 is 46.1 Å². The molecule has 2 aliphatic rings. The Labute approximate surface area is 256 Å². The minimum absolute atomic E-state index is 0.244. The van der Waals surface area contributed by atoms with E-state index >= 15 is 0 Å². The predicted molar refractivity (Wildman–Crippen MR) is 166 cm³/mol. The van der Waals surface area contributed by atoms with Crippen molar-refractivity contribution in [2.45, 2.75) is 39.5 Å². The first-order valence-electron chi connectivity index (χ1n) is 13.7. The average Bonchev–Trinajstić information content (AvgIpc) is 3.45. The van der Waals surface area contributed by atoms with Crippen LogP contribution in [0.25, 0.3) is 5.57 Å². The number of ether oxygens (including phenoxy) is 2. The van der Waals surface area contributed by atoms with Crippen molar-refractivity contribution in [2.24, 2.45) is 4.99 Å². The molecule has 0 N–H and O–H groups in total. The molecule has 1 atom stereocenters. The predicted octanol–water partition coefficient (Wildman–Crippen LogP) is 4.77. The van der Waals surface area contributed by atoms with Gasteiger partial charge in [-0.15, -0.1) is 0 Å². The van der Waals surface area contributed by atoms with Crippen molar-refractivity contribution in [3.8, 4) is 5.75 Å². The molecule has 0 fully saturated rings. The van der Waals surface area contributed by atoms with Crippen LogP contribution in [-0.2, 0) is 20.9 Å². The monoisotopic (exact) mass is 613 g/mol. The number of carbonyl (C=O) groups is 2. The van der Waals surface area contributed by atoms with Gasteiger partial charge in [-0.05, 0) is 56.2 Å². The highest BCUT2D eigenvalue weighted by Crippen LogP contribution is 2.37. The summed E-state index contributed by atoms with van der Waals surface area (Å²) < 4.78 is 12.8. The van der Waals surface area contributed by atoms with E-state index in [9.17, 15) is 14.4 Å². The lowest BCUT2D eigenvalue weighted by molar-refractivity contribution is -0.143. The topological polar surface area (TPSA) is 90.2 Å². The highest BCUT2D eigenvalue weighted by Gasteiger charge is 2.37. The highest BCUT2D eigenvalue weighted by atomic mass is 35.5. The fourth-order valence-electron chi connectivity index (χ4n) is 5.49. The maximum Gasteiger partial charge on any atom is 0.338 e. The number of anilines is 1.